The van der Waals surface area contributed by atoms with E-state index in [1.165, 1.54) is 11.1 Å². The van der Waals surface area contributed by atoms with Crippen molar-refractivity contribution in [2.24, 2.45) is 0 Å². The van der Waals surface area contributed by atoms with Crippen LogP contribution in [0.1, 0.15) is 11.1 Å². The van der Waals surface area contributed by atoms with E-state index in [1.54, 1.807) is 14.2 Å². The van der Waals surface area contributed by atoms with E-state index in [-0.39, 0.29) is 0 Å². The van der Waals surface area contributed by atoms with Gasteiger partial charge in [-0.3, -0.25) is 0 Å². The molecule has 0 saturated carbocycles. The standard InChI is InChI=1S/C13H21NO2S/c1-14-9-11-4-5-13(16-3)12(8-11)10-17-7-6-15-2/h4-5,8,14H,6-7,9-10H2,1-3H3. The lowest BCUT2D eigenvalue weighted by Gasteiger charge is -2.10. The summed E-state index contributed by atoms with van der Waals surface area (Å²) in [4.78, 5) is 0. The van der Waals surface area contributed by atoms with Crippen molar-refractivity contribution in [1.29, 1.82) is 0 Å². The Kier molecular flexibility index (Phi) is 7.08. The van der Waals surface area contributed by atoms with Gasteiger partial charge in [0.2, 0.25) is 0 Å². The maximum absolute atomic E-state index is 5.37. The summed E-state index contributed by atoms with van der Waals surface area (Å²) < 4.78 is 10.4. The molecule has 1 aromatic rings. The Labute approximate surface area is 108 Å². The molecule has 0 unspecified atom stereocenters. The molecule has 0 aliphatic rings. The molecule has 0 atom stereocenters. The largest absolute Gasteiger partial charge is 0.496 e. The molecule has 0 aromatic heterocycles. The van der Waals surface area contributed by atoms with Gasteiger partial charge in [0.15, 0.2) is 0 Å². The third kappa shape index (κ3) is 4.98. The number of rotatable bonds is 8. The molecule has 0 aliphatic carbocycles. The fourth-order valence-electron chi connectivity index (χ4n) is 1.58. The quantitative estimate of drug-likeness (QED) is 0.722. The molecular formula is C13H21NO2S. The van der Waals surface area contributed by atoms with Gasteiger partial charge in [-0.2, -0.15) is 11.8 Å². The Balaban J connectivity index is 2.62. The predicted molar refractivity (Wildman–Crippen MR) is 73.8 cm³/mol. The molecule has 1 N–H and O–H groups in total. The zero-order chi connectivity index (χ0) is 12.5. The molecule has 3 nitrogen and oxygen atoms in total. The van der Waals surface area contributed by atoms with Crippen LogP contribution in [-0.2, 0) is 17.0 Å². The van der Waals surface area contributed by atoms with E-state index >= 15 is 0 Å². The Bertz CT molecular complexity index is 331. The molecule has 0 spiro atoms. The highest BCUT2D eigenvalue weighted by atomic mass is 32.2. The first-order chi connectivity index (χ1) is 8.31. The summed E-state index contributed by atoms with van der Waals surface area (Å²) in [5.41, 5.74) is 2.54. The van der Waals surface area contributed by atoms with Gasteiger partial charge in [-0.15, -0.1) is 0 Å². The van der Waals surface area contributed by atoms with Gasteiger partial charge in [0.25, 0.3) is 0 Å². The highest BCUT2D eigenvalue weighted by molar-refractivity contribution is 7.98. The average molecular weight is 255 g/mol. The molecule has 0 radical (unpaired) electrons. The second kappa shape index (κ2) is 8.39. The predicted octanol–water partition coefficient (Wildman–Crippen LogP) is 2.29. The van der Waals surface area contributed by atoms with E-state index in [2.05, 4.69) is 17.4 Å². The molecular weight excluding hydrogens is 234 g/mol. The van der Waals surface area contributed by atoms with Crippen LogP contribution >= 0.6 is 11.8 Å². The highest BCUT2D eigenvalue weighted by Crippen LogP contribution is 2.24. The van der Waals surface area contributed by atoms with E-state index in [1.807, 2.05) is 24.9 Å². The van der Waals surface area contributed by atoms with E-state index in [0.717, 1.165) is 30.4 Å². The van der Waals surface area contributed by atoms with Crippen LogP contribution in [0.2, 0.25) is 0 Å². The van der Waals surface area contributed by atoms with Gasteiger partial charge in [-0.1, -0.05) is 6.07 Å². The summed E-state index contributed by atoms with van der Waals surface area (Å²) >= 11 is 1.86. The number of benzene rings is 1. The van der Waals surface area contributed by atoms with Gasteiger partial charge in [0, 0.05) is 30.7 Å². The van der Waals surface area contributed by atoms with Crippen LogP contribution < -0.4 is 10.1 Å². The Morgan fingerprint density at radius 1 is 1.29 bits per heavy atom. The fourth-order valence-corrected chi connectivity index (χ4v) is 2.46. The normalized spacial score (nSPS) is 10.5. The summed E-state index contributed by atoms with van der Waals surface area (Å²) in [6, 6.07) is 6.34. The summed E-state index contributed by atoms with van der Waals surface area (Å²) in [6.07, 6.45) is 0. The van der Waals surface area contributed by atoms with Gasteiger partial charge < -0.3 is 14.8 Å². The SMILES string of the molecule is CNCc1ccc(OC)c(CSCCOC)c1. The first-order valence-electron chi connectivity index (χ1n) is 5.69. The van der Waals surface area contributed by atoms with Crippen molar-refractivity contribution in [2.45, 2.75) is 12.3 Å². The van der Waals surface area contributed by atoms with E-state index in [4.69, 9.17) is 9.47 Å². The molecule has 0 heterocycles. The zero-order valence-electron chi connectivity index (χ0n) is 10.8. The minimum absolute atomic E-state index is 0.795. The van der Waals surface area contributed by atoms with E-state index < -0.39 is 0 Å². The van der Waals surface area contributed by atoms with Crippen LogP contribution in [0.4, 0.5) is 0 Å². The van der Waals surface area contributed by atoms with Gasteiger partial charge in [-0.25, -0.2) is 0 Å². The minimum Gasteiger partial charge on any atom is -0.496 e. The smallest absolute Gasteiger partial charge is 0.122 e. The van der Waals surface area contributed by atoms with Crippen LogP contribution in [0, 0.1) is 0 Å². The summed E-state index contributed by atoms with van der Waals surface area (Å²) in [5, 5.41) is 3.16. The van der Waals surface area contributed by atoms with Crippen LogP contribution in [0.15, 0.2) is 18.2 Å². The number of ether oxygens (including phenoxy) is 2. The lowest BCUT2D eigenvalue weighted by molar-refractivity contribution is 0.218. The number of hydrogen-bond donors (Lipinski definition) is 1. The third-order valence-corrected chi connectivity index (χ3v) is 3.39. The average Bonchev–Trinajstić information content (AvgIpc) is 2.35. The Morgan fingerprint density at radius 3 is 2.76 bits per heavy atom. The second-order valence-corrected chi connectivity index (χ2v) is 4.83. The molecule has 0 aliphatic heterocycles. The molecule has 17 heavy (non-hydrogen) atoms. The number of hydrogen-bond acceptors (Lipinski definition) is 4. The van der Waals surface area contributed by atoms with Crippen molar-refractivity contribution in [2.75, 3.05) is 33.6 Å². The monoisotopic (exact) mass is 255 g/mol. The first-order valence-corrected chi connectivity index (χ1v) is 6.84. The Hall–Kier alpha value is -0.710. The molecule has 0 fully saturated rings. The lowest BCUT2D eigenvalue weighted by atomic mass is 10.1. The lowest BCUT2D eigenvalue weighted by Crippen LogP contribution is -2.05. The highest BCUT2D eigenvalue weighted by Gasteiger charge is 2.04. The van der Waals surface area contributed by atoms with Crippen molar-refractivity contribution in [3.8, 4) is 5.75 Å². The van der Waals surface area contributed by atoms with Gasteiger partial charge in [-0.05, 0) is 24.7 Å². The molecule has 4 heteroatoms. The van der Waals surface area contributed by atoms with Crippen LogP contribution in [0.5, 0.6) is 5.75 Å². The molecule has 0 saturated heterocycles. The number of methoxy groups -OCH3 is 2. The van der Waals surface area contributed by atoms with Gasteiger partial charge in [0.1, 0.15) is 5.75 Å². The third-order valence-electron chi connectivity index (χ3n) is 2.42. The summed E-state index contributed by atoms with van der Waals surface area (Å²) in [7, 11) is 5.41. The van der Waals surface area contributed by atoms with Crippen LogP contribution in [-0.4, -0.2) is 33.6 Å². The first kappa shape index (κ1) is 14.4. The molecule has 1 rings (SSSR count). The van der Waals surface area contributed by atoms with Gasteiger partial charge >= 0.3 is 0 Å². The number of thioether (sulfide) groups is 1. The molecule has 0 amide bonds. The topological polar surface area (TPSA) is 30.5 Å². The molecule has 96 valence electrons. The molecule has 1 aromatic carbocycles. The van der Waals surface area contributed by atoms with E-state index in [9.17, 15) is 0 Å². The maximum Gasteiger partial charge on any atom is 0.122 e. The zero-order valence-corrected chi connectivity index (χ0v) is 11.6. The van der Waals surface area contributed by atoms with Crippen molar-refractivity contribution < 1.29 is 9.47 Å². The van der Waals surface area contributed by atoms with Crippen molar-refractivity contribution >= 4 is 11.8 Å². The molecule has 0 bridgehead atoms. The maximum atomic E-state index is 5.37. The van der Waals surface area contributed by atoms with E-state index in [0.29, 0.717) is 0 Å². The number of nitrogens with one attached hydrogen (secondary N) is 1. The van der Waals surface area contributed by atoms with Gasteiger partial charge in [0.05, 0.1) is 13.7 Å². The summed E-state index contributed by atoms with van der Waals surface area (Å²) in [5.74, 6) is 2.94. The van der Waals surface area contributed by atoms with Crippen molar-refractivity contribution in [1.82, 2.24) is 5.32 Å². The van der Waals surface area contributed by atoms with Crippen molar-refractivity contribution in [3.05, 3.63) is 29.3 Å². The van der Waals surface area contributed by atoms with Crippen LogP contribution in [0.25, 0.3) is 0 Å². The second-order valence-electron chi connectivity index (χ2n) is 3.72. The van der Waals surface area contributed by atoms with Crippen LogP contribution in [0.3, 0.4) is 0 Å². The van der Waals surface area contributed by atoms with Crippen molar-refractivity contribution in [3.63, 3.8) is 0 Å². The summed E-state index contributed by atoms with van der Waals surface area (Å²) in [6.45, 7) is 1.68. The Morgan fingerprint density at radius 2 is 2.12 bits per heavy atom. The minimum atomic E-state index is 0.795. The fraction of sp³-hybridized carbons (Fsp3) is 0.538.